The molecule has 0 saturated carbocycles. The highest BCUT2D eigenvalue weighted by molar-refractivity contribution is 9.10. The van der Waals surface area contributed by atoms with Gasteiger partial charge in [-0.1, -0.05) is 15.9 Å². The average molecular weight is 299 g/mol. The number of alkyl halides is 3. The van der Waals surface area contributed by atoms with Crippen molar-refractivity contribution in [1.82, 2.24) is 0 Å². The number of hydrogen-bond acceptors (Lipinski definition) is 2. The van der Waals surface area contributed by atoms with Gasteiger partial charge in [0, 0.05) is 10.0 Å². The van der Waals surface area contributed by atoms with Gasteiger partial charge in [-0.3, -0.25) is 4.79 Å². The zero-order chi connectivity index (χ0) is 12.3. The smallest absolute Gasteiger partial charge is 0.481 e. The first kappa shape index (κ1) is 12.8. The summed E-state index contributed by atoms with van der Waals surface area (Å²) in [4.78, 5) is 10.4. The minimum absolute atomic E-state index is 0.0424. The molecule has 0 aliphatic heterocycles. The van der Waals surface area contributed by atoms with Crippen LogP contribution in [0, 0.1) is 0 Å². The van der Waals surface area contributed by atoms with Crippen molar-refractivity contribution >= 4 is 21.9 Å². The van der Waals surface area contributed by atoms with Crippen molar-refractivity contribution in [3.8, 4) is 5.75 Å². The third-order valence-electron chi connectivity index (χ3n) is 1.59. The summed E-state index contributed by atoms with van der Waals surface area (Å²) >= 11 is 3.04. The van der Waals surface area contributed by atoms with Gasteiger partial charge in [0.25, 0.3) is 0 Å². The maximum atomic E-state index is 12.0. The Balaban J connectivity index is 3.02. The Morgan fingerprint density at radius 1 is 1.44 bits per heavy atom. The van der Waals surface area contributed by atoms with Crippen molar-refractivity contribution in [3.05, 3.63) is 28.2 Å². The number of benzene rings is 1. The van der Waals surface area contributed by atoms with E-state index in [-0.39, 0.29) is 5.56 Å². The number of carboxylic acids is 1. The molecule has 0 radical (unpaired) electrons. The molecule has 3 nitrogen and oxygen atoms in total. The van der Waals surface area contributed by atoms with Crippen molar-refractivity contribution in [2.45, 2.75) is 12.8 Å². The minimum atomic E-state index is -4.83. The Bertz CT molecular complexity index is 403. The van der Waals surface area contributed by atoms with Crippen molar-refractivity contribution in [2.75, 3.05) is 0 Å². The number of carbonyl (C=O) groups is 1. The highest BCUT2D eigenvalue weighted by Crippen LogP contribution is 2.29. The summed E-state index contributed by atoms with van der Waals surface area (Å²) < 4.78 is 40.1. The summed E-state index contributed by atoms with van der Waals surface area (Å²) in [6.07, 6.45) is -5.37. The molecule has 16 heavy (non-hydrogen) atoms. The molecule has 1 aromatic carbocycles. The second-order valence-corrected chi connectivity index (χ2v) is 3.79. The molecule has 0 amide bonds. The SMILES string of the molecule is O=C(O)Cc1cc(Br)ccc1OC(F)(F)F. The summed E-state index contributed by atoms with van der Waals surface area (Å²) in [5.74, 6) is -1.73. The number of rotatable bonds is 3. The van der Waals surface area contributed by atoms with Gasteiger partial charge in [0.05, 0.1) is 6.42 Å². The molecule has 1 rings (SSSR count). The molecule has 0 fully saturated rings. The summed E-state index contributed by atoms with van der Waals surface area (Å²) in [7, 11) is 0. The molecule has 88 valence electrons. The fraction of sp³-hybridized carbons (Fsp3) is 0.222. The number of hydrogen-bond donors (Lipinski definition) is 1. The maximum absolute atomic E-state index is 12.0. The first-order valence-electron chi connectivity index (χ1n) is 4.04. The molecule has 1 aromatic rings. The first-order chi connectivity index (χ1) is 7.28. The van der Waals surface area contributed by atoms with Crippen LogP contribution in [0.2, 0.25) is 0 Å². The lowest BCUT2D eigenvalue weighted by atomic mass is 10.1. The van der Waals surface area contributed by atoms with Crippen LogP contribution >= 0.6 is 15.9 Å². The fourth-order valence-corrected chi connectivity index (χ4v) is 1.48. The lowest BCUT2D eigenvalue weighted by molar-refractivity contribution is -0.274. The monoisotopic (exact) mass is 298 g/mol. The molecule has 0 unspecified atom stereocenters. The highest BCUT2D eigenvalue weighted by Gasteiger charge is 2.32. The van der Waals surface area contributed by atoms with E-state index in [4.69, 9.17) is 5.11 Å². The topological polar surface area (TPSA) is 46.5 Å². The van der Waals surface area contributed by atoms with Crippen molar-refractivity contribution in [3.63, 3.8) is 0 Å². The predicted molar refractivity (Wildman–Crippen MR) is 52.2 cm³/mol. The van der Waals surface area contributed by atoms with Gasteiger partial charge < -0.3 is 9.84 Å². The van der Waals surface area contributed by atoms with Crippen molar-refractivity contribution in [2.24, 2.45) is 0 Å². The zero-order valence-corrected chi connectivity index (χ0v) is 9.30. The van der Waals surface area contributed by atoms with Crippen LogP contribution in [0.5, 0.6) is 5.75 Å². The molecular formula is C9H6BrF3O3. The van der Waals surface area contributed by atoms with Crippen LogP contribution in [0.4, 0.5) is 13.2 Å². The third-order valence-corrected chi connectivity index (χ3v) is 2.08. The summed E-state index contributed by atoms with van der Waals surface area (Å²) in [5.41, 5.74) is -0.0424. The van der Waals surface area contributed by atoms with Crippen molar-refractivity contribution in [1.29, 1.82) is 0 Å². The molecule has 0 aromatic heterocycles. The zero-order valence-electron chi connectivity index (χ0n) is 7.71. The van der Waals surface area contributed by atoms with E-state index in [1.165, 1.54) is 12.1 Å². The summed E-state index contributed by atoms with van der Waals surface area (Å²) in [6, 6.07) is 3.68. The predicted octanol–water partition coefficient (Wildman–Crippen LogP) is 2.97. The van der Waals surface area contributed by atoms with Gasteiger partial charge >= 0.3 is 12.3 Å². The van der Waals surface area contributed by atoms with Gasteiger partial charge in [0.2, 0.25) is 0 Å². The van der Waals surface area contributed by atoms with Gasteiger partial charge in [0.1, 0.15) is 5.75 Å². The van der Waals surface area contributed by atoms with Crippen LogP contribution < -0.4 is 4.74 Å². The standard InChI is InChI=1S/C9H6BrF3O3/c10-6-1-2-7(16-9(11,12)13)5(3-6)4-8(14)15/h1-3H,4H2,(H,14,15). The molecule has 0 spiro atoms. The van der Waals surface area contributed by atoms with Crippen LogP contribution in [0.15, 0.2) is 22.7 Å². The second kappa shape index (κ2) is 4.73. The molecule has 0 atom stereocenters. The lowest BCUT2D eigenvalue weighted by Crippen LogP contribution is -2.18. The molecular weight excluding hydrogens is 293 g/mol. The molecule has 0 aliphatic carbocycles. The van der Waals surface area contributed by atoms with Crippen LogP contribution in [0.1, 0.15) is 5.56 Å². The number of aliphatic carboxylic acids is 1. The highest BCUT2D eigenvalue weighted by atomic mass is 79.9. The third kappa shape index (κ3) is 4.09. The van der Waals surface area contributed by atoms with E-state index in [2.05, 4.69) is 20.7 Å². The van der Waals surface area contributed by atoms with E-state index in [9.17, 15) is 18.0 Å². The Morgan fingerprint density at radius 3 is 2.56 bits per heavy atom. The largest absolute Gasteiger partial charge is 0.573 e. The number of carboxylic acid groups (broad SMARTS) is 1. The molecule has 1 N–H and O–H groups in total. The quantitative estimate of drug-likeness (QED) is 0.933. The molecule has 7 heteroatoms. The Kier molecular flexibility index (Phi) is 3.79. The van der Waals surface area contributed by atoms with Gasteiger partial charge in [-0.05, 0) is 18.2 Å². The first-order valence-corrected chi connectivity index (χ1v) is 4.83. The Labute approximate surface area is 97.0 Å². The van der Waals surface area contributed by atoms with Crippen LogP contribution in [-0.2, 0) is 11.2 Å². The average Bonchev–Trinajstić information content (AvgIpc) is 2.06. The van der Waals surface area contributed by atoms with Gasteiger partial charge in [-0.2, -0.15) is 0 Å². The van der Waals surface area contributed by atoms with Crippen LogP contribution in [-0.4, -0.2) is 17.4 Å². The maximum Gasteiger partial charge on any atom is 0.573 e. The normalized spacial score (nSPS) is 11.2. The van der Waals surface area contributed by atoms with Gasteiger partial charge in [0.15, 0.2) is 0 Å². The Hall–Kier alpha value is -1.24. The lowest BCUT2D eigenvalue weighted by Gasteiger charge is -2.12. The fourth-order valence-electron chi connectivity index (χ4n) is 1.07. The number of halogens is 4. The van der Waals surface area contributed by atoms with Gasteiger partial charge in [-0.25, -0.2) is 0 Å². The minimum Gasteiger partial charge on any atom is -0.481 e. The van der Waals surface area contributed by atoms with E-state index >= 15 is 0 Å². The van der Waals surface area contributed by atoms with E-state index in [0.29, 0.717) is 4.47 Å². The summed E-state index contributed by atoms with van der Waals surface area (Å²) in [5, 5.41) is 8.53. The number of ether oxygens (including phenoxy) is 1. The van der Waals surface area contributed by atoms with Crippen molar-refractivity contribution < 1.29 is 27.8 Å². The summed E-state index contributed by atoms with van der Waals surface area (Å²) in [6.45, 7) is 0. The van der Waals surface area contributed by atoms with E-state index in [1.54, 1.807) is 0 Å². The van der Waals surface area contributed by atoms with E-state index in [1.807, 2.05) is 0 Å². The molecule has 0 saturated heterocycles. The molecule has 0 aliphatic rings. The van der Waals surface area contributed by atoms with Crippen LogP contribution in [0.3, 0.4) is 0 Å². The molecule has 0 bridgehead atoms. The second-order valence-electron chi connectivity index (χ2n) is 2.87. The van der Waals surface area contributed by atoms with Gasteiger partial charge in [-0.15, -0.1) is 13.2 Å². The van der Waals surface area contributed by atoms with E-state index < -0.39 is 24.5 Å². The van der Waals surface area contributed by atoms with E-state index in [0.717, 1.165) is 6.07 Å². The Morgan fingerprint density at radius 2 is 2.06 bits per heavy atom. The molecule has 0 heterocycles. The van der Waals surface area contributed by atoms with Crippen LogP contribution in [0.25, 0.3) is 0 Å².